The highest BCUT2D eigenvalue weighted by molar-refractivity contribution is 5.59. The number of aliphatic imine (C=N–C) groups is 1. The molecular formula is C17H20N2O2. The minimum absolute atomic E-state index is 0.189. The summed E-state index contributed by atoms with van der Waals surface area (Å²) in [7, 11) is 0. The van der Waals surface area contributed by atoms with Crippen molar-refractivity contribution < 1.29 is 9.47 Å². The molecule has 4 heteroatoms. The van der Waals surface area contributed by atoms with Crippen LogP contribution in [0, 0.1) is 6.92 Å². The molecular weight excluding hydrogens is 264 g/mol. The van der Waals surface area contributed by atoms with Crippen LogP contribution >= 0.6 is 0 Å². The molecule has 1 aromatic rings. The molecule has 110 valence electrons. The van der Waals surface area contributed by atoms with Crippen molar-refractivity contribution in [3.05, 3.63) is 47.0 Å². The molecule has 0 atom stereocenters. The van der Waals surface area contributed by atoms with E-state index in [1.807, 2.05) is 19.1 Å². The van der Waals surface area contributed by atoms with Gasteiger partial charge in [0.1, 0.15) is 23.1 Å². The number of ether oxygens (including phenoxy) is 2. The van der Waals surface area contributed by atoms with E-state index < -0.39 is 0 Å². The van der Waals surface area contributed by atoms with Crippen LogP contribution in [0.25, 0.3) is 0 Å². The lowest BCUT2D eigenvalue weighted by atomic mass is 9.95. The largest absolute Gasteiger partial charge is 0.492 e. The first-order chi connectivity index (χ1) is 10.1. The number of rotatable bonds is 4. The SMILES string of the molecule is C=N/C(N)=C\C=C(/C)Oc1ccc(C)c2c1C1(CC1)CO2. The predicted molar refractivity (Wildman–Crippen MR) is 83.8 cm³/mol. The fraction of sp³-hybridized carbons (Fsp3) is 0.353. The van der Waals surface area contributed by atoms with Crippen LogP contribution in [0.2, 0.25) is 0 Å². The molecule has 1 aliphatic carbocycles. The highest BCUT2D eigenvalue weighted by Crippen LogP contribution is 2.59. The van der Waals surface area contributed by atoms with Gasteiger partial charge in [-0.05, 0) is 57.2 Å². The van der Waals surface area contributed by atoms with Gasteiger partial charge in [0.2, 0.25) is 0 Å². The summed E-state index contributed by atoms with van der Waals surface area (Å²) in [6.07, 6.45) is 5.83. The number of nitrogens with zero attached hydrogens (tertiary/aromatic N) is 1. The van der Waals surface area contributed by atoms with Crippen molar-refractivity contribution in [1.82, 2.24) is 0 Å². The summed E-state index contributed by atoms with van der Waals surface area (Å²) in [5, 5.41) is 0. The molecule has 1 fully saturated rings. The summed E-state index contributed by atoms with van der Waals surface area (Å²) >= 11 is 0. The van der Waals surface area contributed by atoms with E-state index in [0.29, 0.717) is 5.82 Å². The van der Waals surface area contributed by atoms with Gasteiger partial charge in [-0.3, -0.25) is 0 Å². The zero-order valence-corrected chi connectivity index (χ0v) is 12.5. The normalized spacial score (nSPS) is 19.1. The second-order valence-electron chi connectivity index (χ2n) is 5.78. The van der Waals surface area contributed by atoms with Gasteiger partial charge in [0.15, 0.2) is 0 Å². The lowest BCUT2D eigenvalue weighted by molar-refractivity contribution is 0.321. The third-order valence-electron chi connectivity index (χ3n) is 4.14. The summed E-state index contributed by atoms with van der Waals surface area (Å²) in [4.78, 5) is 3.64. The van der Waals surface area contributed by atoms with Crippen LogP contribution in [0.15, 0.2) is 40.9 Å². The fourth-order valence-electron chi connectivity index (χ4n) is 2.73. The van der Waals surface area contributed by atoms with Gasteiger partial charge >= 0.3 is 0 Å². The molecule has 1 aromatic carbocycles. The van der Waals surface area contributed by atoms with E-state index in [4.69, 9.17) is 15.2 Å². The van der Waals surface area contributed by atoms with Gasteiger partial charge in [-0.1, -0.05) is 6.07 Å². The van der Waals surface area contributed by atoms with E-state index >= 15 is 0 Å². The van der Waals surface area contributed by atoms with Crippen molar-refractivity contribution in [1.29, 1.82) is 0 Å². The van der Waals surface area contributed by atoms with Crippen molar-refractivity contribution in [3.63, 3.8) is 0 Å². The molecule has 1 heterocycles. The zero-order valence-electron chi connectivity index (χ0n) is 12.5. The standard InChI is InChI=1S/C17H20N2O2/c1-11-4-6-13(21-12(2)5-7-14(18)19-3)15-16(11)20-10-17(15)8-9-17/h4-7H,3,8-10,18H2,1-2H3/b12-5+,14-7-. The number of hydrogen-bond acceptors (Lipinski definition) is 4. The van der Waals surface area contributed by atoms with Crippen LogP contribution in [-0.2, 0) is 5.41 Å². The Morgan fingerprint density at radius 1 is 1.43 bits per heavy atom. The van der Waals surface area contributed by atoms with Crippen LogP contribution in [-0.4, -0.2) is 13.3 Å². The van der Waals surface area contributed by atoms with Gasteiger partial charge < -0.3 is 15.2 Å². The molecule has 3 rings (SSSR count). The topological polar surface area (TPSA) is 56.8 Å². The first kappa shape index (κ1) is 13.7. The van der Waals surface area contributed by atoms with Gasteiger partial charge in [0, 0.05) is 11.0 Å². The first-order valence-electron chi connectivity index (χ1n) is 7.11. The first-order valence-corrected chi connectivity index (χ1v) is 7.11. The van der Waals surface area contributed by atoms with E-state index in [2.05, 4.69) is 18.6 Å². The average molecular weight is 284 g/mol. The number of aryl methyl sites for hydroxylation is 1. The monoisotopic (exact) mass is 284 g/mol. The number of benzene rings is 1. The molecule has 0 bridgehead atoms. The molecule has 0 unspecified atom stereocenters. The quantitative estimate of drug-likeness (QED) is 0.525. The zero-order chi connectivity index (χ0) is 15.0. The molecule has 0 radical (unpaired) electrons. The molecule has 0 amide bonds. The van der Waals surface area contributed by atoms with E-state index in [9.17, 15) is 0 Å². The predicted octanol–water partition coefficient (Wildman–Crippen LogP) is 3.20. The lowest BCUT2D eigenvalue weighted by Crippen LogP contribution is -2.09. The van der Waals surface area contributed by atoms with E-state index in [1.165, 1.54) is 24.0 Å². The molecule has 21 heavy (non-hydrogen) atoms. The van der Waals surface area contributed by atoms with Crippen LogP contribution in [0.4, 0.5) is 0 Å². The van der Waals surface area contributed by atoms with Crippen LogP contribution < -0.4 is 15.2 Å². The van der Waals surface area contributed by atoms with Gasteiger partial charge in [0.25, 0.3) is 0 Å². The minimum atomic E-state index is 0.189. The fourth-order valence-corrected chi connectivity index (χ4v) is 2.73. The highest BCUT2D eigenvalue weighted by atomic mass is 16.5. The minimum Gasteiger partial charge on any atom is -0.492 e. The maximum absolute atomic E-state index is 6.00. The summed E-state index contributed by atoms with van der Waals surface area (Å²) in [5.74, 6) is 3.02. The van der Waals surface area contributed by atoms with Gasteiger partial charge in [0.05, 0.1) is 6.61 Å². The van der Waals surface area contributed by atoms with Crippen LogP contribution in [0.5, 0.6) is 11.5 Å². The average Bonchev–Trinajstić information content (AvgIpc) is 3.14. The van der Waals surface area contributed by atoms with Gasteiger partial charge in [-0.2, -0.15) is 0 Å². The highest BCUT2D eigenvalue weighted by Gasteiger charge is 2.53. The Morgan fingerprint density at radius 2 is 2.19 bits per heavy atom. The van der Waals surface area contributed by atoms with Crippen molar-refractivity contribution in [3.8, 4) is 11.5 Å². The third kappa shape index (κ3) is 2.42. The Morgan fingerprint density at radius 3 is 2.86 bits per heavy atom. The number of nitrogens with two attached hydrogens (primary N) is 1. The Labute approximate surface area is 125 Å². The van der Waals surface area contributed by atoms with Crippen molar-refractivity contribution in [2.45, 2.75) is 32.1 Å². The molecule has 1 saturated carbocycles. The van der Waals surface area contributed by atoms with Gasteiger partial charge in [-0.15, -0.1) is 0 Å². The van der Waals surface area contributed by atoms with E-state index in [-0.39, 0.29) is 5.41 Å². The lowest BCUT2D eigenvalue weighted by Gasteiger charge is -2.14. The second kappa shape index (κ2) is 4.95. The van der Waals surface area contributed by atoms with Crippen LogP contribution in [0.1, 0.15) is 30.9 Å². The Hall–Kier alpha value is -2.23. The molecule has 1 aliphatic heterocycles. The Balaban J connectivity index is 1.91. The van der Waals surface area contributed by atoms with Crippen LogP contribution in [0.3, 0.4) is 0 Å². The molecule has 1 spiro atoms. The van der Waals surface area contributed by atoms with E-state index in [1.54, 1.807) is 12.2 Å². The van der Waals surface area contributed by atoms with Crippen molar-refractivity contribution in [2.75, 3.05) is 6.61 Å². The molecule has 0 saturated heterocycles. The molecule has 4 nitrogen and oxygen atoms in total. The van der Waals surface area contributed by atoms with Crippen molar-refractivity contribution in [2.24, 2.45) is 10.7 Å². The third-order valence-corrected chi connectivity index (χ3v) is 4.14. The molecule has 2 N–H and O–H groups in total. The molecule has 0 aromatic heterocycles. The van der Waals surface area contributed by atoms with Gasteiger partial charge in [-0.25, -0.2) is 4.99 Å². The summed E-state index contributed by atoms with van der Waals surface area (Å²) in [6.45, 7) is 8.13. The number of hydrogen-bond donors (Lipinski definition) is 1. The molecule has 2 aliphatic rings. The summed E-state index contributed by atoms with van der Waals surface area (Å²) in [5.41, 5.74) is 8.18. The number of fused-ring (bicyclic) bond motifs is 2. The van der Waals surface area contributed by atoms with Crippen molar-refractivity contribution >= 4 is 6.72 Å². The summed E-state index contributed by atoms with van der Waals surface area (Å²) < 4.78 is 11.9. The Bertz CT molecular complexity index is 655. The smallest absolute Gasteiger partial charge is 0.134 e. The maximum atomic E-state index is 6.00. The van der Waals surface area contributed by atoms with E-state index in [0.717, 1.165) is 23.9 Å². The summed E-state index contributed by atoms with van der Waals surface area (Å²) in [6, 6.07) is 4.07. The Kier molecular flexibility index (Phi) is 3.24. The maximum Gasteiger partial charge on any atom is 0.134 e. The number of allylic oxidation sites excluding steroid dienone is 3. The second-order valence-corrected chi connectivity index (χ2v) is 5.78.